The highest BCUT2D eigenvalue weighted by Crippen LogP contribution is 2.28. The van der Waals surface area contributed by atoms with Crippen LogP contribution in [0, 0.1) is 0 Å². The van der Waals surface area contributed by atoms with E-state index < -0.39 is 0 Å². The topological polar surface area (TPSA) is 29.3 Å². The van der Waals surface area contributed by atoms with Gasteiger partial charge in [-0.3, -0.25) is 0 Å². The van der Waals surface area contributed by atoms with Crippen molar-refractivity contribution in [2.75, 3.05) is 24.7 Å². The zero-order valence-electron chi connectivity index (χ0n) is 9.76. The molecule has 0 fully saturated rings. The van der Waals surface area contributed by atoms with E-state index in [4.69, 9.17) is 5.73 Å². The van der Waals surface area contributed by atoms with Gasteiger partial charge in [-0.2, -0.15) is 0 Å². The Morgan fingerprint density at radius 3 is 2.07 bits per heavy atom. The van der Waals surface area contributed by atoms with Crippen LogP contribution >= 0.6 is 0 Å². The summed E-state index contributed by atoms with van der Waals surface area (Å²) in [6, 6.07) is 6.23. The van der Waals surface area contributed by atoms with Crippen molar-refractivity contribution in [3.8, 4) is 0 Å². The first-order valence-electron chi connectivity index (χ1n) is 4.89. The molecule has 0 spiro atoms. The molecule has 1 rings (SSSR count). The molecule has 0 amide bonds. The monoisotopic (exact) mass is 192 g/mol. The number of benzene rings is 1. The average molecular weight is 192 g/mol. The maximum atomic E-state index is 5.87. The van der Waals surface area contributed by atoms with Crippen molar-refractivity contribution in [3.05, 3.63) is 23.8 Å². The van der Waals surface area contributed by atoms with Crippen molar-refractivity contribution in [2.45, 2.75) is 26.2 Å². The smallest absolute Gasteiger partial charge is 0.0384 e. The lowest BCUT2D eigenvalue weighted by molar-refractivity contribution is 0.590. The van der Waals surface area contributed by atoms with Crippen molar-refractivity contribution >= 4 is 11.4 Å². The zero-order valence-corrected chi connectivity index (χ0v) is 9.76. The fourth-order valence-corrected chi connectivity index (χ4v) is 1.33. The first kappa shape index (κ1) is 10.9. The van der Waals surface area contributed by atoms with Crippen LogP contribution < -0.4 is 10.6 Å². The Hall–Kier alpha value is -1.18. The third-order valence-electron chi connectivity index (χ3n) is 2.32. The van der Waals surface area contributed by atoms with E-state index >= 15 is 0 Å². The van der Waals surface area contributed by atoms with Crippen LogP contribution in [0.15, 0.2) is 18.2 Å². The second-order valence-corrected chi connectivity index (χ2v) is 4.96. The Labute approximate surface area is 86.7 Å². The maximum Gasteiger partial charge on any atom is 0.0384 e. The molecule has 0 heterocycles. The van der Waals surface area contributed by atoms with Crippen molar-refractivity contribution < 1.29 is 0 Å². The first-order chi connectivity index (χ1) is 6.30. The van der Waals surface area contributed by atoms with Gasteiger partial charge in [0.2, 0.25) is 0 Å². The maximum absolute atomic E-state index is 5.87. The Balaban J connectivity index is 3.21. The number of nitrogen functional groups attached to an aromatic ring is 1. The summed E-state index contributed by atoms with van der Waals surface area (Å²) < 4.78 is 0. The SMILES string of the molecule is CN(C)c1cc(N)cc(C(C)(C)C)c1. The molecule has 0 unspecified atom stereocenters. The van der Waals surface area contributed by atoms with Crippen LogP contribution in [0.1, 0.15) is 26.3 Å². The molecular formula is C12H20N2. The molecule has 0 aliphatic rings. The van der Waals surface area contributed by atoms with Crippen LogP contribution in [-0.4, -0.2) is 14.1 Å². The van der Waals surface area contributed by atoms with Crippen LogP contribution in [0.4, 0.5) is 11.4 Å². The Morgan fingerprint density at radius 1 is 1.07 bits per heavy atom. The minimum absolute atomic E-state index is 0.153. The average Bonchev–Trinajstić information content (AvgIpc) is 2.01. The normalized spacial score (nSPS) is 11.5. The van der Waals surface area contributed by atoms with Crippen LogP contribution in [0.25, 0.3) is 0 Å². The fourth-order valence-electron chi connectivity index (χ4n) is 1.33. The lowest BCUT2D eigenvalue weighted by Crippen LogP contribution is -2.15. The summed E-state index contributed by atoms with van der Waals surface area (Å²) >= 11 is 0. The molecule has 2 nitrogen and oxygen atoms in total. The van der Waals surface area contributed by atoms with Crippen molar-refractivity contribution in [1.82, 2.24) is 0 Å². The van der Waals surface area contributed by atoms with Gasteiger partial charge in [0.05, 0.1) is 0 Å². The first-order valence-corrected chi connectivity index (χ1v) is 4.89. The number of nitrogens with zero attached hydrogens (tertiary/aromatic N) is 1. The van der Waals surface area contributed by atoms with E-state index in [1.54, 1.807) is 0 Å². The van der Waals surface area contributed by atoms with Gasteiger partial charge in [-0.05, 0) is 29.2 Å². The lowest BCUT2D eigenvalue weighted by atomic mass is 9.86. The van der Waals surface area contributed by atoms with E-state index in [1.165, 1.54) is 5.56 Å². The minimum Gasteiger partial charge on any atom is -0.399 e. The highest BCUT2D eigenvalue weighted by Gasteiger charge is 2.15. The number of hydrogen-bond acceptors (Lipinski definition) is 2. The number of hydrogen-bond donors (Lipinski definition) is 1. The quantitative estimate of drug-likeness (QED) is 0.693. The molecule has 1 aromatic carbocycles. The van der Waals surface area contributed by atoms with Gasteiger partial charge in [0, 0.05) is 25.5 Å². The Morgan fingerprint density at radius 2 is 1.64 bits per heavy atom. The molecule has 1 aromatic rings. The van der Waals surface area contributed by atoms with Crippen LogP contribution in [0.3, 0.4) is 0 Å². The van der Waals surface area contributed by atoms with E-state index in [0.29, 0.717) is 0 Å². The molecule has 0 saturated carbocycles. The van der Waals surface area contributed by atoms with E-state index in [9.17, 15) is 0 Å². The van der Waals surface area contributed by atoms with Gasteiger partial charge < -0.3 is 10.6 Å². The third-order valence-corrected chi connectivity index (χ3v) is 2.32. The molecular weight excluding hydrogens is 172 g/mol. The van der Waals surface area contributed by atoms with Crippen molar-refractivity contribution in [3.63, 3.8) is 0 Å². The summed E-state index contributed by atoms with van der Waals surface area (Å²) in [5.74, 6) is 0. The number of rotatable bonds is 1. The molecule has 0 aliphatic heterocycles. The van der Waals surface area contributed by atoms with Gasteiger partial charge in [-0.25, -0.2) is 0 Å². The molecule has 0 aliphatic carbocycles. The van der Waals surface area contributed by atoms with Crippen molar-refractivity contribution in [1.29, 1.82) is 0 Å². The van der Waals surface area contributed by atoms with Gasteiger partial charge >= 0.3 is 0 Å². The summed E-state index contributed by atoms with van der Waals surface area (Å²) in [7, 11) is 4.06. The summed E-state index contributed by atoms with van der Waals surface area (Å²) in [6.07, 6.45) is 0. The van der Waals surface area contributed by atoms with Crippen LogP contribution in [-0.2, 0) is 5.41 Å². The standard InChI is InChI=1S/C12H20N2/c1-12(2,3)9-6-10(13)8-11(7-9)14(4)5/h6-8H,13H2,1-5H3. The second kappa shape index (κ2) is 3.52. The van der Waals surface area contributed by atoms with E-state index in [1.807, 2.05) is 26.2 Å². The molecule has 0 radical (unpaired) electrons. The van der Waals surface area contributed by atoms with Gasteiger partial charge in [0.1, 0.15) is 0 Å². The van der Waals surface area contributed by atoms with E-state index in [-0.39, 0.29) is 5.41 Å². The van der Waals surface area contributed by atoms with Crippen molar-refractivity contribution in [2.24, 2.45) is 0 Å². The predicted octanol–water partition coefficient (Wildman–Crippen LogP) is 2.63. The molecule has 2 N–H and O–H groups in total. The largest absolute Gasteiger partial charge is 0.399 e. The second-order valence-electron chi connectivity index (χ2n) is 4.96. The molecule has 78 valence electrons. The van der Waals surface area contributed by atoms with E-state index in [2.05, 4.69) is 31.7 Å². The van der Waals surface area contributed by atoms with E-state index in [0.717, 1.165) is 11.4 Å². The predicted molar refractivity (Wildman–Crippen MR) is 63.9 cm³/mol. The summed E-state index contributed by atoms with van der Waals surface area (Å²) in [6.45, 7) is 6.59. The van der Waals surface area contributed by atoms with Gasteiger partial charge in [-0.1, -0.05) is 20.8 Å². The van der Waals surface area contributed by atoms with Crippen LogP contribution in [0.2, 0.25) is 0 Å². The molecule has 0 bridgehead atoms. The van der Waals surface area contributed by atoms with Crippen LogP contribution in [0.5, 0.6) is 0 Å². The highest BCUT2D eigenvalue weighted by molar-refractivity contribution is 5.58. The lowest BCUT2D eigenvalue weighted by Gasteiger charge is -2.22. The fraction of sp³-hybridized carbons (Fsp3) is 0.500. The number of nitrogens with two attached hydrogens (primary N) is 1. The zero-order chi connectivity index (χ0) is 10.9. The van der Waals surface area contributed by atoms with Gasteiger partial charge in [0.25, 0.3) is 0 Å². The molecule has 0 saturated heterocycles. The summed E-state index contributed by atoms with van der Waals surface area (Å²) in [4.78, 5) is 2.08. The third kappa shape index (κ3) is 2.41. The molecule has 0 aromatic heterocycles. The molecule has 2 heteroatoms. The summed E-state index contributed by atoms with van der Waals surface area (Å²) in [5, 5.41) is 0. The minimum atomic E-state index is 0.153. The summed E-state index contributed by atoms with van der Waals surface area (Å²) in [5.41, 5.74) is 9.30. The highest BCUT2D eigenvalue weighted by atomic mass is 15.1. The Bertz CT molecular complexity index is 322. The molecule has 0 atom stereocenters. The van der Waals surface area contributed by atoms with Gasteiger partial charge in [-0.15, -0.1) is 0 Å². The van der Waals surface area contributed by atoms with Gasteiger partial charge in [0.15, 0.2) is 0 Å². The molecule has 14 heavy (non-hydrogen) atoms. The number of anilines is 2. The Kier molecular flexibility index (Phi) is 2.74.